The van der Waals surface area contributed by atoms with Gasteiger partial charge in [0.2, 0.25) is 0 Å². The number of aromatic nitrogens is 1. The molecule has 0 aliphatic heterocycles. The number of pyridine rings is 1. The Kier molecular flexibility index (Phi) is 6.11. The van der Waals surface area contributed by atoms with Gasteiger partial charge in [0.05, 0.1) is 16.8 Å². The molecule has 1 heterocycles. The maximum absolute atomic E-state index is 12.1. The molecule has 1 aromatic heterocycles. The van der Waals surface area contributed by atoms with Crippen LogP contribution in [0.2, 0.25) is 0 Å². The summed E-state index contributed by atoms with van der Waals surface area (Å²) in [5.41, 5.74) is 11.8. The number of fused-ring (bicyclic) bond motifs is 1. The van der Waals surface area contributed by atoms with E-state index in [1.807, 2.05) is 50.3 Å². The van der Waals surface area contributed by atoms with E-state index in [-0.39, 0.29) is 18.3 Å². The second-order valence-corrected chi connectivity index (χ2v) is 7.77. The number of amides is 1. The summed E-state index contributed by atoms with van der Waals surface area (Å²) in [5.74, 6) is 0.429. The van der Waals surface area contributed by atoms with Crippen molar-refractivity contribution in [3.8, 4) is 17.9 Å². The summed E-state index contributed by atoms with van der Waals surface area (Å²) in [4.78, 5) is 16.4. The number of carbonyl (C=O) groups is 1. The van der Waals surface area contributed by atoms with Crippen LogP contribution in [0.3, 0.4) is 0 Å². The van der Waals surface area contributed by atoms with Gasteiger partial charge in [0, 0.05) is 11.3 Å². The molecule has 166 valence electrons. The minimum absolute atomic E-state index is 0.112. The molecule has 0 unspecified atom stereocenters. The van der Waals surface area contributed by atoms with Gasteiger partial charge in [0.1, 0.15) is 23.7 Å². The van der Waals surface area contributed by atoms with E-state index in [0.717, 1.165) is 22.3 Å². The molecule has 7 nitrogen and oxygen atoms in total. The predicted octanol–water partition coefficient (Wildman–Crippen LogP) is 4.71. The van der Waals surface area contributed by atoms with Gasteiger partial charge in [-0.1, -0.05) is 30.3 Å². The number of benzene rings is 2. The zero-order chi connectivity index (χ0) is 24.2. The van der Waals surface area contributed by atoms with Crippen LogP contribution in [0.1, 0.15) is 34.9 Å². The molecule has 1 aliphatic rings. The zero-order valence-electron chi connectivity index (χ0n) is 18.7. The molecule has 4 rings (SSSR count). The van der Waals surface area contributed by atoms with Gasteiger partial charge in [0.15, 0.2) is 6.61 Å². The van der Waals surface area contributed by atoms with E-state index in [2.05, 4.69) is 22.4 Å². The highest BCUT2D eigenvalue weighted by molar-refractivity contribution is 6.08. The lowest BCUT2D eigenvalue weighted by Gasteiger charge is -2.11. The highest BCUT2D eigenvalue weighted by Gasteiger charge is 2.29. The number of nitrogens with two attached hydrogens (primary N) is 1. The van der Waals surface area contributed by atoms with Crippen LogP contribution in [0.15, 0.2) is 60.2 Å². The number of nitrogens with zero attached hydrogens (tertiary/aromatic N) is 3. The molecule has 0 fully saturated rings. The second-order valence-electron chi connectivity index (χ2n) is 7.77. The van der Waals surface area contributed by atoms with E-state index >= 15 is 0 Å². The molecule has 0 radical (unpaired) electrons. The lowest BCUT2D eigenvalue weighted by Crippen LogP contribution is -2.20. The van der Waals surface area contributed by atoms with Crippen molar-refractivity contribution >= 4 is 34.6 Å². The van der Waals surface area contributed by atoms with Crippen LogP contribution in [-0.4, -0.2) is 17.5 Å². The lowest BCUT2D eigenvalue weighted by atomic mass is 9.95. The summed E-state index contributed by atoms with van der Waals surface area (Å²) >= 11 is 0. The summed E-state index contributed by atoms with van der Waals surface area (Å²) in [6.07, 6.45) is 1.94. The third kappa shape index (κ3) is 4.23. The van der Waals surface area contributed by atoms with Gasteiger partial charge < -0.3 is 15.8 Å². The summed E-state index contributed by atoms with van der Waals surface area (Å²) in [6, 6.07) is 20.8. The van der Waals surface area contributed by atoms with Crippen molar-refractivity contribution in [1.82, 2.24) is 4.98 Å². The Morgan fingerprint density at radius 2 is 1.79 bits per heavy atom. The molecule has 0 saturated heterocycles. The number of ether oxygens (including phenoxy) is 1. The maximum atomic E-state index is 12.1. The fourth-order valence-corrected chi connectivity index (χ4v) is 3.89. The highest BCUT2D eigenvalue weighted by Crippen LogP contribution is 2.44. The van der Waals surface area contributed by atoms with Crippen LogP contribution in [0.25, 0.3) is 17.2 Å². The first-order chi connectivity index (χ1) is 16.4. The number of hydrogen-bond donors (Lipinski definition) is 2. The summed E-state index contributed by atoms with van der Waals surface area (Å²) in [5, 5.41) is 21.9. The number of hydrogen-bond acceptors (Lipinski definition) is 6. The standard InChI is InChI=1S/C27H21N5O2/c1-16-21(25-17(2)23(14-29)27(30)32-26(25)22(16)13-28)12-18-8-10-20(11-9-18)34-15-24(33)31-19-6-4-3-5-7-19/h3-12H,15H2,1-2H3,(H2,30,32)(H,31,33). The topological polar surface area (TPSA) is 125 Å². The number of nitrogens with one attached hydrogen (secondary N) is 1. The van der Waals surface area contributed by atoms with Gasteiger partial charge in [0.25, 0.3) is 5.91 Å². The Balaban J connectivity index is 1.55. The predicted molar refractivity (Wildman–Crippen MR) is 131 cm³/mol. The van der Waals surface area contributed by atoms with Crippen molar-refractivity contribution in [3.05, 3.63) is 88.1 Å². The van der Waals surface area contributed by atoms with E-state index < -0.39 is 0 Å². The monoisotopic (exact) mass is 447 g/mol. The number of allylic oxidation sites excluding steroid dienone is 3. The number of anilines is 2. The van der Waals surface area contributed by atoms with E-state index in [0.29, 0.717) is 33.8 Å². The summed E-state index contributed by atoms with van der Waals surface area (Å²) < 4.78 is 5.59. The Bertz CT molecular complexity index is 1420. The number of rotatable bonds is 5. The van der Waals surface area contributed by atoms with Crippen LogP contribution < -0.4 is 15.8 Å². The quantitative estimate of drug-likeness (QED) is 0.583. The van der Waals surface area contributed by atoms with Crippen molar-refractivity contribution in [2.24, 2.45) is 0 Å². The fourth-order valence-electron chi connectivity index (χ4n) is 3.89. The largest absolute Gasteiger partial charge is 0.484 e. The van der Waals surface area contributed by atoms with Crippen molar-refractivity contribution in [1.29, 1.82) is 10.5 Å². The minimum Gasteiger partial charge on any atom is -0.484 e. The van der Waals surface area contributed by atoms with E-state index in [4.69, 9.17) is 10.5 Å². The first-order valence-electron chi connectivity index (χ1n) is 10.5. The molecule has 1 aliphatic carbocycles. The van der Waals surface area contributed by atoms with Crippen LogP contribution in [0, 0.1) is 29.6 Å². The molecule has 3 aromatic rings. The molecule has 2 aromatic carbocycles. The SMILES string of the molecule is CC1=C(C#N)c2nc(N)c(C#N)c(C)c2C1=Cc1ccc(OCC(=O)Nc2ccccc2)cc1. The average Bonchev–Trinajstić information content (AvgIpc) is 3.09. The van der Waals surface area contributed by atoms with Gasteiger partial charge in [-0.25, -0.2) is 4.98 Å². The molecule has 3 N–H and O–H groups in total. The Hall–Kier alpha value is -4.88. The van der Waals surface area contributed by atoms with Crippen LogP contribution >= 0.6 is 0 Å². The Labute approximate surface area is 197 Å². The third-order valence-corrected chi connectivity index (χ3v) is 5.60. The lowest BCUT2D eigenvalue weighted by molar-refractivity contribution is -0.118. The number of nitrogen functional groups attached to an aromatic ring is 1. The molecule has 0 saturated carbocycles. The molecular weight excluding hydrogens is 426 g/mol. The first kappa shape index (κ1) is 22.3. The molecule has 0 bridgehead atoms. The van der Waals surface area contributed by atoms with Crippen molar-refractivity contribution in [3.63, 3.8) is 0 Å². The zero-order valence-corrected chi connectivity index (χ0v) is 18.7. The second kappa shape index (κ2) is 9.32. The number of nitriles is 2. The van der Waals surface area contributed by atoms with Crippen molar-refractivity contribution in [2.45, 2.75) is 13.8 Å². The van der Waals surface area contributed by atoms with Crippen LogP contribution in [-0.2, 0) is 4.79 Å². The van der Waals surface area contributed by atoms with Gasteiger partial charge >= 0.3 is 0 Å². The minimum atomic E-state index is -0.250. The van der Waals surface area contributed by atoms with Crippen molar-refractivity contribution < 1.29 is 9.53 Å². The van der Waals surface area contributed by atoms with Crippen molar-refractivity contribution in [2.75, 3.05) is 17.7 Å². The van der Waals surface area contributed by atoms with E-state index in [1.54, 1.807) is 24.3 Å². The number of para-hydroxylation sites is 1. The van der Waals surface area contributed by atoms with E-state index in [1.165, 1.54) is 0 Å². The molecule has 7 heteroatoms. The van der Waals surface area contributed by atoms with Gasteiger partial charge in [-0.2, -0.15) is 10.5 Å². The molecule has 0 spiro atoms. The molecule has 0 atom stereocenters. The third-order valence-electron chi connectivity index (χ3n) is 5.60. The smallest absolute Gasteiger partial charge is 0.262 e. The maximum Gasteiger partial charge on any atom is 0.262 e. The number of carbonyl (C=O) groups excluding carboxylic acids is 1. The van der Waals surface area contributed by atoms with Gasteiger partial charge in [-0.05, 0) is 66.5 Å². The highest BCUT2D eigenvalue weighted by atomic mass is 16.5. The summed E-state index contributed by atoms with van der Waals surface area (Å²) in [6.45, 7) is 3.56. The summed E-state index contributed by atoms with van der Waals surface area (Å²) in [7, 11) is 0. The van der Waals surface area contributed by atoms with Crippen LogP contribution in [0.5, 0.6) is 5.75 Å². The fraction of sp³-hybridized carbons (Fsp3) is 0.111. The molecular formula is C27H21N5O2. The van der Waals surface area contributed by atoms with Gasteiger partial charge in [-0.3, -0.25) is 4.79 Å². The van der Waals surface area contributed by atoms with E-state index in [9.17, 15) is 15.3 Å². The molecule has 34 heavy (non-hydrogen) atoms. The Morgan fingerprint density at radius 1 is 1.09 bits per heavy atom. The Morgan fingerprint density at radius 3 is 2.44 bits per heavy atom. The van der Waals surface area contributed by atoms with Gasteiger partial charge in [-0.15, -0.1) is 0 Å². The first-order valence-corrected chi connectivity index (χ1v) is 10.5. The average molecular weight is 447 g/mol. The normalized spacial score (nSPS) is 13.2. The van der Waals surface area contributed by atoms with Crippen LogP contribution in [0.4, 0.5) is 11.5 Å². The molecule has 1 amide bonds.